The van der Waals surface area contributed by atoms with Gasteiger partial charge in [0.2, 0.25) is 0 Å². The van der Waals surface area contributed by atoms with E-state index in [-0.39, 0.29) is 24.8 Å². The molecular formula is C29H50N2O6. The van der Waals surface area contributed by atoms with Gasteiger partial charge in [-0.05, 0) is 38.5 Å². The topological polar surface area (TPSA) is 96.7 Å². The zero-order chi connectivity index (χ0) is 27.0. The summed E-state index contributed by atoms with van der Waals surface area (Å²) in [7, 11) is 0. The lowest BCUT2D eigenvalue weighted by atomic mass is 10.1. The largest absolute Gasteiger partial charge is 0.466 e. The van der Waals surface area contributed by atoms with Gasteiger partial charge >= 0.3 is 18.0 Å². The smallest absolute Gasteiger partial charge is 0.419 e. The third kappa shape index (κ3) is 18.5. The lowest BCUT2D eigenvalue weighted by Crippen LogP contribution is -2.22. The fourth-order valence-electron chi connectivity index (χ4n) is 4.06. The average Bonchev–Trinajstić information content (AvgIpc) is 3.43. The van der Waals surface area contributed by atoms with Gasteiger partial charge in [-0.3, -0.25) is 9.59 Å². The fourth-order valence-corrected chi connectivity index (χ4v) is 4.06. The normalized spacial score (nSPS) is 11.0. The van der Waals surface area contributed by atoms with E-state index < -0.39 is 12.2 Å². The van der Waals surface area contributed by atoms with Crippen molar-refractivity contribution in [3.8, 4) is 0 Å². The van der Waals surface area contributed by atoms with E-state index in [9.17, 15) is 14.4 Å². The number of ether oxygens (including phenoxy) is 3. The molecule has 37 heavy (non-hydrogen) atoms. The van der Waals surface area contributed by atoms with Gasteiger partial charge in [0, 0.05) is 25.2 Å². The van der Waals surface area contributed by atoms with Crippen LogP contribution in [0.4, 0.5) is 4.79 Å². The van der Waals surface area contributed by atoms with Gasteiger partial charge in [0.05, 0.1) is 13.2 Å². The Labute approximate surface area is 223 Å². The molecule has 0 aromatic carbocycles. The predicted octanol–water partition coefficient (Wildman–Crippen LogP) is 7.38. The maximum absolute atomic E-state index is 12.4. The van der Waals surface area contributed by atoms with Gasteiger partial charge in [-0.25, -0.2) is 14.3 Å². The van der Waals surface area contributed by atoms with Crippen LogP contribution in [0.1, 0.15) is 129 Å². The van der Waals surface area contributed by atoms with Crippen molar-refractivity contribution in [1.82, 2.24) is 9.55 Å². The third-order valence-corrected chi connectivity index (χ3v) is 6.32. The van der Waals surface area contributed by atoms with Crippen molar-refractivity contribution in [2.24, 2.45) is 0 Å². The van der Waals surface area contributed by atoms with E-state index in [1.54, 1.807) is 0 Å². The number of esters is 2. The number of nitrogens with zero attached hydrogens (tertiary/aromatic N) is 2. The van der Waals surface area contributed by atoms with Crippen molar-refractivity contribution in [2.45, 2.75) is 136 Å². The van der Waals surface area contributed by atoms with Gasteiger partial charge in [0.25, 0.3) is 0 Å². The standard InChI is InChI=1S/C29H50N2O6/c1-3-5-7-9-11-13-23-35-27(32)19-15-17-26(37-29(34)31-22-21-30-25-31)18-16-20-28(33)36-24-14-12-10-8-6-4-2/h21-22,25-26H,3-20,23-24H2,1-2H3. The molecule has 8 heteroatoms. The van der Waals surface area contributed by atoms with Gasteiger partial charge < -0.3 is 14.2 Å². The summed E-state index contributed by atoms with van der Waals surface area (Å²) in [6.45, 7) is 5.31. The number of rotatable bonds is 23. The SMILES string of the molecule is CCCCCCCCOC(=O)CCCC(CCCC(=O)OCCCCCCCC)OC(=O)n1ccnc1. The summed E-state index contributed by atoms with van der Waals surface area (Å²) >= 11 is 0. The molecule has 0 aliphatic carbocycles. The zero-order valence-electron chi connectivity index (χ0n) is 23.3. The van der Waals surface area contributed by atoms with E-state index in [1.807, 2.05) is 0 Å². The van der Waals surface area contributed by atoms with E-state index in [0.717, 1.165) is 25.7 Å². The van der Waals surface area contributed by atoms with Crippen molar-refractivity contribution in [3.63, 3.8) is 0 Å². The first-order chi connectivity index (χ1) is 18.1. The van der Waals surface area contributed by atoms with Crippen LogP contribution in [0.5, 0.6) is 0 Å². The Morgan fingerprint density at radius 2 is 1.19 bits per heavy atom. The zero-order valence-corrected chi connectivity index (χ0v) is 23.3. The molecule has 0 unspecified atom stereocenters. The summed E-state index contributed by atoms with van der Waals surface area (Å²) < 4.78 is 17.6. The Hall–Kier alpha value is -2.38. The number of carbonyl (C=O) groups is 3. The molecule has 0 saturated heterocycles. The monoisotopic (exact) mass is 522 g/mol. The Morgan fingerprint density at radius 3 is 1.65 bits per heavy atom. The maximum Gasteiger partial charge on any atom is 0.419 e. The molecule has 0 fully saturated rings. The number of unbranched alkanes of at least 4 members (excludes halogenated alkanes) is 10. The quantitative estimate of drug-likeness (QED) is 0.0840. The van der Waals surface area contributed by atoms with Crippen LogP contribution in [-0.2, 0) is 23.8 Å². The van der Waals surface area contributed by atoms with Crippen LogP contribution < -0.4 is 0 Å². The minimum absolute atomic E-state index is 0.216. The van der Waals surface area contributed by atoms with Crippen LogP contribution in [0.2, 0.25) is 0 Å². The molecule has 0 bridgehead atoms. The summed E-state index contributed by atoms with van der Waals surface area (Å²) in [5.41, 5.74) is 0. The van der Waals surface area contributed by atoms with E-state index in [0.29, 0.717) is 38.9 Å². The highest BCUT2D eigenvalue weighted by Gasteiger charge is 2.17. The summed E-state index contributed by atoms with van der Waals surface area (Å²) in [5, 5.41) is 0. The van der Waals surface area contributed by atoms with Gasteiger partial charge in [-0.1, -0.05) is 78.1 Å². The van der Waals surface area contributed by atoms with Crippen LogP contribution in [0, 0.1) is 0 Å². The van der Waals surface area contributed by atoms with E-state index in [2.05, 4.69) is 18.8 Å². The summed E-state index contributed by atoms with van der Waals surface area (Å²) in [4.78, 5) is 40.4. The van der Waals surface area contributed by atoms with E-state index in [4.69, 9.17) is 14.2 Å². The molecule has 0 radical (unpaired) electrons. The molecule has 0 aliphatic heterocycles. The second-order valence-electron chi connectivity index (χ2n) is 9.74. The lowest BCUT2D eigenvalue weighted by Gasteiger charge is -2.18. The van der Waals surface area contributed by atoms with Gasteiger partial charge in [-0.2, -0.15) is 0 Å². The minimum atomic E-state index is -0.515. The highest BCUT2D eigenvalue weighted by Crippen LogP contribution is 2.15. The minimum Gasteiger partial charge on any atom is -0.466 e. The van der Waals surface area contributed by atoms with E-state index in [1.165, 1.54) is 74.7 Å². The predicted molar refractivity (Wildman–Crippen MR) is 144 cm³/mol. The molecule has 212 valence electrons. The van der Waals surface area contributed by atoms with Crippen molar-refractivity contribution < 1.29 is 28.6 Å². The maximum atomic E-state index is 12.4. The van der Waals surface area contributed by atoms with Crippen molar-refractivity contribution in [3.05, 3.63) is 18.7 Å². The lowest BCUT2D eigenvalue weighted by molar-refractivity contribution is -0.144. The Bertz CT molecular complexity index is 671. The first-order valence-electron chi connectivity index (χ1n) is 14.6. The molecule has 8 nitrogen and oxygen atoms in total. The number of hydrogen-bond acceptors (Lipinski definition) is 7. The molecule has 1 heterocycles. The van der Waals surface area contributed by atoms with Crippen molar-refractivity contribution >= 4 is 18.0 Å². The highest BCUT2D eigenvalue weighted by molar-refractivity contribution is 5.70. The highest BCUT2D eigenvalue weighted by atomic mass is 16.6. The first-order valence-corrected chi connectivity index (χ1v) is 14.6. The Kier molecular flexibility index (Phi) is 20.1. The Morgan fingerprint density at radius 1 is 0.703 bits per heavy atom. The number of aromatic nitrogens is 2. The number of carbonyl (C=O) groups excluding carboxylic acids is 3. The molecule has 1 aromatic rings. The van der Waals surface area contributed by atoms with Crippen molar-refractivity contribution in [2.75, 3.05) is 13.2 Å². The summed E-state index contributed by atoms with van der Waals surface area (Å²) in [6, 6.07) is 0. The van der Waals surface area contributed by atoms with E-state index >= 15 is 0 Å². The second-order valence-corrected chi connectivity index (χ2v) is 9.74. The molecule has 0 saturated carbocycles. The number of imidazole rings is 1. The molecule has 0 aliphatic rings. The van der Waals surface area contributed by atoms with Gasteiger partial charge in [-0.15, -0.1) is 0 Å². The van der Waals surface area contributed by atoms with Gasteiger partial charge in [0.15, 0.2) is 0 Å². The number of hydrogen-bond donors (Lipinski definition) is 0. The average molecular weight is 523 g/mol. The van der Waals surface area contributed by atoms with Crippen LogP contribution in [-0.4, -0.2) is 46.9 Å². The molecule has 0 amide bonds. The molecule has 0 N–H and O–H groups in total. The third-order valence-electron chi connectivity index (χ3n) is 6.32. The van der Waals surface area contributed by atoms with Crippen LogP contribution >= 0.6 is 0 Å². The first kappa shape index (κ1) is 32.6. The van der Waals surface area contributed by atoms with Crippen LogP contribution in [0.15, 0.2) is 18.7 Å². The van der Waals surface area contributed by atoms with Gasteiger partial charge in [0.1, 0.15) is 12.4 Å². The van der Waals surface area contributed by atoms with Crippen LogP contribution in [0.3, 0.4) is 0 Å². The Balaban J connectivity index is 2.28. The van der Waals surface area contributed by atoms with Crippen molar-refractivity contribution in [1.29, 1.82) is 0 Å². The summed E-state index contributed by atoms with van der Waals surface area (Å²) in [6.07, 6.45) is 20.0. The molecule has 1 aromatic heterocycles. The second kappa shape index (κ2) is 22.8. The molecule has 0 atom stereocenters. The van der Waals surface area contributed by atoms with Crippen LogP contribution in [0.25, 0.3) is 0 Å². The summed E-state index contributed by atoms with van der Waals surface area (Å²) in [5.74, 6) is -0.432. The fraction of sp³-hybridized carbons (Fsp3) is 0.793. The molecular weight excluding hydrogens is 472 g/mol. The molecule has 0 spiro atoms. The molecule has 1 rings (SSSR count).